The van der Waals surface area contributed by atoms with Crippen molar-refractivity contribution < 1.29 is 13.9 Å². The molecule has 0 saturated carbocycles. The number of thioether (sulfide) groups is 1. The van der Waals surface area contributed by atoms with Crippen LogP contribution in [-0.4, -0.2) is 24.3 Å². The van der Waals surface area contributed by atoms with Crippen LogP contribution in [0.3, 0.4) is 0 Å². The Kier molecular flexibility index (Phi) is 6.94. The molecule has 5 heteroatoms. The van der Waals surface area contributed by atoms with Crippen molar-refractivity contribution in [3.63, 3.8) is 0 Å². The van der Waals surface area contributed by atoms with Crippen molar-refractivity contribution in [2.24, 2.45) is 0 Å². The van der Waals surface area contributed by atoms with Gasteiger partial charge in [-0.15, -0.1) is 11.8 Å². The van der Waals surface area contributed by atoms with Crippen molar-refractivity contribution >= 4 is 17.7 Å². The number of carbonyl (C=O) groups excluding carboxylic acids is 1. The summed E-state index contributed by atoms with van der Waals surface area (Å²) in [6, 6.07) is 16.1. The van der Waals surface area contributed by atoms with Crippen LogP contribution in [-0.2, 0) is 4.79 Å². The molecule has 122 valence electrons. The molecular formula is C18H20FNO2S. The van der Waals surface area contributed by atoms with Gasteiger partial charge in [0.25, 0.3) is 5.91 Å². The van der Waals surface area contributed by atoms with Crippen LogP contribution in [0.5, 0.6) is 5.75 Å². The zero-order valence-corrected chi connectivity index (χ0v) is 13.8. The van der Waals surface area contributed by atoms with Gasteiger partial charge in [0, 0.05) is 17.2 Å². The Hall–Kier alpha value is -2.01. The first-order valence-electron chi connectivity index (χ1n) is 7.57. The van der Waals surface area contributed by atoms with Gasteiger partial charge in [-0.2, -0.15) is 0 Å². The number of amides is 1. The predicted molar refractivity (Wildman–Crippen MR) is 91.3 cm³/mol. The first-order valence-corrected chi connectivity index (χ1v) is 8.56. The molecule has 3 nitrogen and oxygen atoms in total. The van der Waals surface area contributed by atoms with Gasteiger partial charge < -0.3 is 10.1 Å². The number of nitrogens with one attached hydrogen (secondary N) is 1. The Morgan fingerprint density at radius 2 is 1.87 bits per heavy atom. The van der Waals surface area contributed by atoms with Gasteiger partial charge >= 0.3 is 0 Å². The maximum absolute atomic E-state index is 13.6. The zero-order chi connectivity index (χ0) is 16.5. The summed E-state index contributed by atoms with van der Waals surface area (Å²) in [4.78, 5) is 13.3. The topological polar surface area (TPSA) is 38.3 Å². The smallest absolute Gasteiger partial charge is 0.261 e. The van der Waals surface area contributed by atoms with E-state index < -0.39 is 11.9 Å². The minimum absolute atomic E-state index is 0.105. The normalized spacial score (nSPS) is 11.7. The lowest BCUT2D eigenvalue weighted by Gasteiger charge is -2.17. The Morgan fingerprint density at radius 3 is 2.57 bits per heavy atom. The van der Waals surface area contributed by atoms with Gasteiger partial charge in [-0.1, -0.05) is 37.3 Å². The average Bonchev–Trinajstić information content (AvgIpc) is 2.59. The van der Waals surface area contributed by atoms with Crippen LogP contribution >= 0.6 is 11.8 Å². The van der Waals surface area contributed by atoms with Crippen molar-refractivity contribution in [1.82, 2.24) is 5.32 Å². The summed E-state index contributed by atoms with van der Waals surface area (Å²) in [5.41, 5.74) is 0. The molecule has 0 spiro atoms. The van der Waals surface area contributed by atoms with E-state index >= 15 is 0 Å². The maximum atomic E-state index is 13.6. The van der Waals surface area contributed by atoms with Crippen molar-refractivity contribution in [1.29, 1.82) is 0 Å². The molecule has 0 aliphatic carbocycles. The third-order valence-corrected chi connectivity index (χ3v) is 4.20. The van der Waals surface area contributed by atoms with E-state index in [4.69, 9.17) is 4.74 Å². The molecule has 0 radical (unpaired) electrons. The van der Waals surface area contributed by atoms with Crippen LogP contribution in [0.15, 0.2) is 59.5 Å². The van der Waals surface area contributed by atoms with E-state index in [1.165, 1.54) is 12.1 Å². The Balaban J connectivity index is 1.77. The van der Waals surface area contributed by atoms with Crippen LogP contribution < -0.4 is 10.1 Å². The van der Waals surface area contributed by atoms with Crippen LogP contribution in [0.4, 0.5) is 4.39 Å². The lowest BCUT2D eigenvalue weighted by atomic mass is 10.2. The predicted octanol–water partition coefficient (Wildman–Crippen LogP) is 3.89. The molecule has 2 rings (SSSR count). The standard InChI is InChI=1S/C18H20FNO2S/c1-2-16(22-17-11-7-6-10-15(17)19)18(21)20-12-13-23-14-8-4-3-5-9-14/h3-11,16H,2,12-13H2,1H3,(H,20,21)/t16-/m0/s1. The molecule has 0 heterocycles. The Bertz CT molecular complexity index is 621. The number of hydrogen-bond acceptors (Lipinski definition) is 3. The largest absolute Gasteiger partial charge is 0.478 e. The highest BCUT2D eigenvalue weighted by Gasteiger charge is 2.19. The number of para-hydroxylation sites is 1. The van der Waals surface area contributed by atoms with Gasteiger partial charge in [-0.25, -0.2) is 4.39 Å². The fraction of sp³-hybridized carbons (Fsp3) is 0.278. The molecule has 0 unspecified atom stereocenters. The highest BCUT2D eigenvalue weighted by molar-refractivity contribution is 7.99. The van der Waals surface area contributed by atoms with Crippen molar-refractivity contribution in [2.75, 3.05) is 12.3 Å². The van der Waals surface area contributed by atoms with Crippen molar-refractivity contribution in [3.8, 4) is 5.75 Å². The second-order valence-corrected chi connectivity index (χ2v) is 6.07. The summed E-state index contributed by atoms with van der Waals surface area (Å²) >= 11 is 1.67. The minimum atomic E-state index is -0.686. The first kappa shape index (κ1) is 17.3. The lowest BCUT2D eigenvalue weighted by molar-refractivity contribution is -0.128. The first-order chi connectivity index (χ1) is 11.2. The highest BCUT2D eigenvalue weighted by Crippen LogP contribution is 2.18. The zero-order valence-electron chi connectivity index (χ0n) is 13.0. The van der Waals surface area contributed by atoms with E-state index in [-0.39, 0.29) is 11.7 Å². The molecule has 0 bridgehead atoms. The van der Waals surface area contributed by atoms with Crippen molar-refractivity contribution in [2.45, 2.75) is 24.3 Å². The Labute approximate surface area is 140 Å². The van der Waals surface area contributed by atoms with Crippen LogP contribution in [0, 0.1) is 5.82 Å². The second kappa shape index (κ2) is 9.20. The summed E-state index contributed by atoms with van der Waals surface area (Å²) in [6.45, 7) is 2.37. The van der Waals surface area contributed by atoms with E-state index in [9.17, 15) is 9.18 Å². The number of halogens is 1. The molecule has 2 aromatic rings. The number of ether oxygens (including phenoxy) is 1. The SMILES string of the molecule is CC[C@H](Oc1ccccc1F)C(=O)NCCSc1ccccc1. The third-order valence-electron chi connectivity index (χ3n) is 3.18. The van der Waals surface area contributed by atoms with Crippen molar-refractivity contribution in [3.05, 3.63) is 60.4 Å². The highest BCUT2D eigenvalue weighted by atomic mass is 32.2. The van der Waals surface area contributed by atoms with Gasteiger partial charge in [0.1, 0.15) is 0 Å². The molecule has 1 N–H and O–H groups in total. The molecule has 0 fully saturated rings. The van der Waals surface area contributed by atoms with Crippen LogP contribution in [0.2, 0.25) is 0 Å². The fourth-order valence-corrected chi connectivity index (χ4v) is 2.78. The minimum Gasteiger partial charge on any atom is -0.478 e. The summed E-state index contributed by atoms with van der Waals surface area (Å²) < 4.78 is 19.1. The summed E-state index contributed by atoms with van der Waals surface area (Å²) in [7, 11) is 0. The summed E-state index contributed by atoms with van der Waals surface area (Å²) in [5, 5.41) is 2.84. The van der Waals surface area contributed by atoms with Gasteiger partial charge in [0.05, 0.1) is 0 Å². The summed E-state index contributed by atoms with van der Waals surface area (Å²) in [5.74, 6) is 0.197. The fourth-order valence-electron chi connectivity index (χ4n) is 1.99. The number of hydrogen-bond donors (Lipinski definition) is 1. The molecule has 0 aliphatic heterocycles. The maximum Gasteiger partial charge on any atom is 0.261 e. The molecule has 2 aromatic carbocycles. The van der Waals surface area contributed by atoms with E-state index in [2.05, 4.69) is 5.32 Å². The molecule has 0 aliphatic rings. The molecule has 1 amide bonds. The Morgan fingerprint density at radius 1 is 1.17 bits per heavy atom. The summed E-state index contributed by atoms with van der Waals surface area (Å²) in [6.07, 6.45) is -0.208. The van der Waals surface area contributed by atoms with E-state index in [1.54, 1.807) is 23.9 Å². The van der Waals surface area contributed by atoms with E-state index in [0.29, 0.717) is 13.0 Å². The van der Waals surface area contributed by atoms with Gasteiger partial charge in [-0.05, 0) is 30.7 Å². The molecule has 23 heavy (non-hydrogen) atoms. The number of carbonyl (C=O) groups is 1. The quantitative estimate of drug-likeness (QED) is 0.588. The van der Waals surface area contributed by atoms with Gasteiger partial charge in [0.2, 0.25) is 0 Å². The van der Waals surface area contributed by atoms with Gasteiger partial charge in [0.15, 0.2) is 17.7 Å². The third kappa shape index (κ3) is 5.60. The van der Waals surface area contributed by atoms with E-state index in [1.807, 2.05) is 37.3 Å². The van der Waals surface area contributed by atoms with E-state index in [0.717, 1.165) is 10.6 Å². The van der Waals surface area contributed by atoms with Crippen LogP contribution in [0.1, 0.15) is 13.3 Å². The second-order valence-electron chi connectivity index (χ2n) is 4.90. The number of benzene rings is 2. The molecular weight excluding hydrogens is 313 g/mol. The monoisotopic (exact) mass is 333 g/mol. The molecule has 0 aromatic heterocycles. The molecule has 1 atom stereocenters. The number of rotatable bonds is 8. The van der Waals surface area contributed by atoms with Gasteiger partial charge in [-0.3, -0.25) is 4.79 Å². The van der Waals surface area contributed by atoms with Crippen LogP contribution in [0.25, 0.3) is 0 Å². The average molecular weight is 333 g/mol. The lowest BCUT2D eigenvalue weighted by Crippen LogP contribution is -2.39. The molecule has 0 saturated heterocycles.